The van der Waals surface area contributed by atoms with Crippen molar-refractivity contribution in [2.75, 3.05) is 19.0 Å². The van der Waals surface area contributed by atoms with Crippen molar-refractivity contribution >= 4 is 46.9 Å². The van der Waals surface area contributed by atoms with Crippen LogP contribution in [0, 0.1) is 0 Å². The third kappa shape index (κ3) is 9.00. The van der Waals surface area contributed by atoms with Crippen LogP contribution in [0.15, 0.2) is 65.8 Å². The molecule has 0 aliphatic rings. The maximum absolute atomic E-state index is 12.1. The molecule has 0 saturated carbocycles. The molecular formula is C27H27Cl2N3O5. The number of halogens is 2. The van der Waals surface area contributed by atoms with Crippen molar-refractivity contribution in [1.29, 1.82) is 0 Å². The standard InChI is InChI=1S/C27H27Cl2N3O5/c1-3-36-22-9-7-21(8-10-22)31-26(33)12-13-27(34)32-30-16-18-4-11-24(25(14-18)35-2)37-17-19-5-6-20(28)15-23(19)29/h4-11,14-16H,3,12-13,17H2,1-2H3,(H,31,33)(H,32,34). The molecule has 3 aromatic carbocycles. The Balaban J connectivity index is 1.45. The van der Waals surface area contributed by atoms with Crippen LogP contribution in [0.4, 0.5) is 5.69 Å². The molecule has 0 aromatic heterocycles. The van der Waals surface area contributed by atoms with Gasteiger partial charge in [0.05, 0.1) is 19.9 Å². The van der Waals surface area contributed by atoms with Gasteiger partial charge in [0.25, 0.3) is 0 Å². The van der Waals surface area contributed by atoms with Crippen molar-refractivity contribution in [3.63, 3.8) is 0 Å². The molecule has 194 valence electrons. The normalized spacial score (nSPS) is 10.7. The summed E-state index contributed by atoms with van der Waals surface area (Å²) in [5.74, 6) is 1.08. The third-order valence-electron chi connectivity index (χ3n) is 5.02. The second-order valence-corrected chi connectivity index (χ2v) is 8.58. The van der Waals surface area contributed by atoms with Crippen LogP contribution in [0.1, 0.15) is 30.9 Å². The number of amides is 2. The highest BCUT2D eigenvalue weighted by molar-refractivity contribution is 6.35. The zero-order chi connectivity index (χ0) is 26.6. The summed E-state index contributed by atoms with van der Waals surface area (Å²) < 4.78 is 16.6. The van der Waals surface area contributed by atoms with Crippen LogP contribution >= 0.6 is 23.2 Å². The lowest BCUT2D eigenvalue weighted by Crippen LogP contribution is -2.20. The van der Waals surface area contributed by atoms with E-state index in [0.29, 0.717) is 39.4 Å². The molecule has 0 radical (unpaired) electrons. The molecule has 3 aromatic rings. The maximum Gasteiger partial charge on any atom is 0.240 e. The number of rotatable bonds is 12. The fraction of sp³-hybridized carbons (Fsp3) is 0.222. The van der Waals surface area contributed by atoms with Gasteiger partial charge in [0.15, 0.2) is 11.5 Å². The van der Waals surface area contributed by atoms with Crippen LogP contribution in [0.5, 0.6) is 17.2 Å². The van der Waals surface area contributed by atoms with E-state index in [9.17, 15) is 9.59 Å². The zero-order valence-corrected chi connectivity index (χ0v) is 21.9. The Morgan fingerprint density at radius 2 is 1.68 bits per heavy atom. The fourth-order valence-electron chi connectivity index (χ4n) is 3.16. The number of nitrogens with zero attached hydrogens (tertiary/aromatic N) is 1. The Bertz CT molecular complexity index is 1250. The number of hydrazone groups is 1. The quantitative estimate of drug-likeness (QED) is 0.220. The SMILES string of the molecule is CCOc1ccc(NC(=O)CCC(=O)NN=Cc2ccc(OCc3ccc(Cl)cc3Cl)c(OC)c2)cc1. The predicted molar refractivity (Wildman–Crippen MR) is 145 cm³/mol. The largest absolute Gasteiger partial charge is 0.494 e. The van der Waals surface area contributed by atoms with Crippen molar-refractivity contribution in [2.45, 2.75) is 26.4 Å². The Morgan fingerprint density at radius 3 is 2.38 bits per heavy atom. The second-order valence-electron chi connectivity index (χ2n) is 7.73. The second kappa shape index (κ2) is 14.1. The number of hydrogen-bond acceptors (Lipinski definition) is 6. The molecule has 8 nitrogen and oxygen atoms in total. The lowest BCUT2D eigenvalue weighted by atomic mass is 10.2. The maximum atomic E-state index is 12.1. The van der Waals surface area contributed by atoms with Crippen LogP contribution in [0.2, 0.25) is 10.0 Å². The zero-order valence-electron chi connectivity index (χ0n) is 20.4. The van der Waals surface area contributed by atoms with Crippen LogP contribution in [0.3, 0.4) is 0 Å². The summed E-state index contributed by atoms with van der Waals surface area (Å²) in [5, 5.41) is 7.76. The van der Waals surface area contributed by atoms with Crippen molar-refractivity contribution in [3.05, 3.63) is 81.8 Å². The minimum Gasteiger partial charge on any atom is -0.494 e. The van der Waals surface area contributed by atoms with E-state index in [1.54, 1.807) is 60.7 Å². The molecule has 0 aliphatic heterocycles. The molecule has 0 aliphatic carbocycles. The first-order chi connectivity index (χ1) is 17.9. The number of benzene rings is 3. The van der Waals surface area contributed by atoms with Gasteiger partial charge in [-0.15, -0.1) is 0 Å². The molecular weight excluding hydrogens is 517 g/mol. The Kier molecular flexibility index (Phi) is 10.6. The van der Waals surface area contributed by atoms with Crippen molar-refractivity contribution in [2.24, 2.45) is 5.10 Å². The smallest absolute Gasteiger partial charge is 0.240 e. The number of anilines is 1. The average molecular weight is 544 g/mol. The Hall–Kier alpha value is -3.75. The lowest BCUT2D eigenvalue weighted by molar-refractivity contribution is -0.124. The number of carbonyl (C=O) groups excluding carboxylic acids is 2. The van der Waals surface area contributed by atoms with Gasteiger partial charge in [-0.05, 0) is 67.1 Å². The van der Waals surface area contributed by atoms with Crippen LogP contribution < -0.4 is 25.0 Å². The highest BCUT2D eigenvalue weighted by Gasteiger charge is 2.09. The molecule has 0 heterocycles. The van der Waals surface area contributed by atoms with E-state index >= 15 is 0 Å². The fourth-order valence-corrected chi connectivity index (χ4v) is 3.63. The number of nitrogens with one attached hydrogen (secondary N) is 2. The van der Waals surface area contributed by atoms with Crippen molar-refractivity contribution in [3.8, 4) is 17.2 Å². The highest BCUT2D eigenvalue weighted by atomic mass is 35.5. The lowest BCUT2D eigenvalue weighted by Gasteiger charge is -2.12. The van der Waals surface area contributed by atoms with Crippen LogP contribution in [0.25, 0.3) is 0 Å². The summed E-state index contributed by atoms with van der Waals surface area (Å²) in [6.45, 7) is 2.70. The predicted octanol–water partition coefficient (Wildman–Crippen LogP) is 5.85. The molecule has 0 saturated heterocycles. The van der Waals surface area contributed by atoms with Gasteiger partial charge in [0, 0.05) is 34.1 Å². The van der Waals surface area contributed by atoms with E-state index in [2.05, 4.69) is 15.8 Å². The van der Waals surface area contributed by atoms with Crippen LogP contribution in [-0.2, 0) is 16.2 Å². The third-order valence-corrected chi connectivity index (χ3v) is 5.60. The summed E-state index contributed by atoms with van der Waals surface area (Å²) in [5.41, 5.74) is 4.52. The minimum atomic E-state index is -0.384. The molecule has 2 N–H and O–H groups in total. The molecule has 37 heavy (non-hydrogen) atoms. The van der Waals surface area contributed by atoms with Gasteiger partial charge < -0.3 is 19.5 Å². The van der Waals surface area contributed by atoms with E-state index in [0.717, 1.165) is 11.3 Å². The molecule has 3 rings (SSSR count). The molecule has 0 spiro atoms. The van der Waals surface area contributed by atoms with Crippen molar-refractivity contribution in [1.82, 2.24) is 5.43 Å². The molecule has 10 heteroatoms. The van der Waals surface area contributed by atoms with Crippen LogP contribution in [-0.4, -0.2) is 31.7 Å². The van der Waals surface area contributed by atoms with Gasteiger partial charge in [0.1, 0.15) is 12.4 Å². The molecule has 2 amide bonds. The molecule has 0 bridgehead atoms. The van der Waals surface area contributed by atoms with Gasteiger partial charge >= 0.3 is 0 Å². The van der Waals surface area contributed by atoms with Gasteiger partial charge in [-0.3, -0.25) is 9.59 Å². The summed E-state index contributed by atoms with van der Waals surface area (Å²) in [6.07, 6.45) is 1.48. The van der Waals surface area contributed by atoms with E-state index in [-0.39, 0.29) is 31.3 Å². The first-order valence-electron chi connectivity index (χ1n) is 11.5. The van der Waals surface area contributed by atoms with E-state index in [4.69, 9.17) is 37.4 Å². The average Bonchev–Trinajstić information content (AvgIpc) is 2.88. The van der Waals surface area contributed by atoms with Gasteiger partial charge in [-0.2, -0.15) is 5.10 Å². The molecule has 0 unspecified atom stereocenters. The van der Waals surface area contributed by atoms with E-state index < -0.39 is 0 Å². The Morgan fingerprint density at radius 1 is 0.919 bits per heavy atom. The van der Waals surface area contributed by atoms with Gasteiger partial charge in [0.2, 0.25) is 11.8 Å². The number of methoxy groups -OCH3 is 1. The monoisotopic (exact) mass is 543 g/mol. The first-order valence-corrected chi connectivity index (χ1v) is 12.2. The molecule has 0 atom stereocenters. The Labute approximate surface area is 225 Å². The number of ether oxygens (including phenoxy) is 3. The first kappa shape index (κ1) is 27.8. The topological polar surface area (TPSA) is 98.2 Å². The summed E-state index contributed by atoms with van der Waals surface area (Å²) in [6, 6.07) is 17.4. The molecule has 0 fully saturated rings. The minimum absolute atomic E-state index is 0.0104. The van der Waals surface area contributed by atoms with E-state index in [1.165, 1.54) is 13.3 Å². The summed E-state index contributed by atoms with van der Waals surface area (Å²) in [7, 11) is 1.53. The van der Waals surface area contributed by atoms with Gasteiger partial charge in [-0.25, -0.2) is 5.43 Å². The summed E-state index contributed by atoms with van der Waals surface area (Å²) in [4.78, 5) is 24.2. The number of hydrogen-bond donors (Lipinski definition) is 2. The van der Waals surface area contributed by atoms with Crippen molar-refractivity contribution < 1.29 is 23.8 Å². The van der Waals surface area contributed by atoms with Gasteiger partial charge in [-0.1, -0.05) is 29.3 Å². The number of carbonyl (C=O) groups is 2. The highest BCUT2D eigenvalue weighted by Crippen LogP contribution is 2.30. The summed E-state index contributed by atoms with van der Waals surface area (Å²) >= 11 is 12.1. The van der Waals surface area contributed by atoms with E-state index in [1.807, 2.05) is 6.92 Å².